The van der Waals surface area contributed by atoms with Gasteiger partial charge in [0, 0.05) is 36.2 Å². The van der Waals surface area contributed by atoms with E-state index < -0.39 is 0 Å². The van der Waals surface area contributed by atoms with E-state index in [9.17, 15) is 0 Å². The van der Waals surface area contributed by atoms with Crippen LogP contribution in [-0.4, -0.2) is 43.6 Å². The van der Waals surface area contributed by atoms with Crippen molar-refractivity contribution in [3.63, 3.8) is 0 Å². The predicted octanol–water partition coefficient (Wildman–Crippen LogP) is 3.03. The van der Waals surface area contributed by atoms with E-state index in [2.05, 4.69) is 29.4 Å². The fourth-order valence-corrected chi connectivity index (χ4v) is 2.98. The first-order valence-corrected chi connectivity index (χ1v) is 8.42. The molecular formula is C16H19ClN6O. The van der Waals surface area contributed by atoms with Gasteiger partial charge in [0.25, 0.3) is 0 Å². The van der Waals surface area contributed by atoms with Crippen LogP contribution in [0.5, 0.6) is 0 Å². The van der Waals surface area contributed by atoms with E-state index in [4.69, 9.17) is 21.3 Å². The Hall–Kier alpha value is -2.12. The van der Waals surface area contributed by atoms with Crippen LogP contribution in [0.15, 0.2) is 24.8 Å². The molecule has 1 saturated heterocycles. The zero-order chi connectivity index (χ0) is 16.7. The third-order valence-corrected chi connectivity index (χ3v) is 4.43. The molecule has 0 spiro atoms. The van der Waals surface area contributed by atoms with Gasteiger partial charge in [-0.2, -0.15) is 10.2 Å². The Kier molecular flexibility index (Phi) is 3.90. The topological polar surface area (TPSA) is 69.3 Å². The maximum absolute atomic E-state index is 6.19. The first-order valence-electron chi connectivity index (χ1n) is 8.04. The smallest absolute Gasteiger partial charge is 0.175 e. The lowest BCUT2D eigenvalue weighted by atomic mass is 10.1. The van der Waals surface area contributed by atoms with E-state index in [0.29, 0.717) is 23.3 Å². The number of nitrogens with zero attached hydrogens (tertiary/aromatic N) is 5. The molecule has 1 fully saturated rings. The van der Waals surface area contributed by atoms with Crippen LogP contribution < -0.4 is 5.32 Å². The van der Waals surface area contributed by atoms with Crippen LogP contribution in [0.1, 0.15) is 26.3 Å². The molecule has 0 radical (unpaired) electrons. The van der Waals surface area contributed by atoms with Gasteiger partial charge in [0.1, 0.15) is 10.8 Å². The Morgan fingerprint density at radius 2 is 2.17 bits per heavy atom. The van der Waals surface area contributed by atoms with Crippen molar-refractivity contribution in [1.82, 2.24) is 24.4 Å². The van der Waals surface area contributed by atoms with E-state index in [1.165, 1.54) is 0 Å². The zero-order valence-electron chi connectivity index (χ0n) is 13.6. The minimum absolute atomic E-state index is 0.251. The molecule has 0 unspecified atom stereocenters. The molecule has 8 heteroatoms. The molecule has 4 rings (SSSR count). The number of fused-ring (bicyclic) bond motifs is 1. The third-order valence-electron chi connectivity index (χ3n) is 4.16. The molecule has 0 aliphatic carbocycles. The van der Waals surface area contributed by atoms with Crippen molar-refractivity contribution in [1.29, 1.82) is 0 Å². The normalized spacial score (nSPS) is 17.9. The number of hydrogen-bond donors (Lipinski definition) is 1. The van der Waals surface area contributed by atoms with Crippen LogP contribution in [0.3, 0.4) is 0 Å². The van der Waals surface area contributed by atoms with Gasteiger partial charge in [-0.1, -0.05) is 11.6 Å². The van der Waals surface area contributed by atoms with Gasteiger partial charge < -0.3 is 10.1 Å². The largest absolute Gasteiger partial charge is 0.379 e. The summed E-state index contributed by atoms with van der Waals surface area (Å²) in [4.78, 5) is 4.69. The van der Waals surface area contributed by atoms with Crippen molar-refractivity contribution in [2.24, 2.45) is 0 Å². The Bertz CT molecular complexity index is 865. The van der Waals surface area contributed by atoms with Gasteiger partial charge >= 0.3 is 0 Å². The van der Waals surface area contributed by atoms with E-state index in [-0.39, 0.29) is 6.04 Å². The van der Waals surface area contributed by atoms with Gasteiger partial charge in [-0.25, -0.2) is 9.50 Å². The SMILES string of the molecule is CC(C)n1cc(-c2cn3ncc(Cl)c3nc2N[C@H]2CCOC2)cn1. The third kappa shape index (κ3) is 2.74. The number of anilines is 1. The number of aromatic nitrogens is 5. The van der Waals surface area contributed by atoms with Crippen molar-refractivity contribution in [3.05, 3.63) is 29.8 Å². The van der Waals surface area contributed by atoms with Gasteiger partial charge in [-0.15, -0.1) is 0 Å². The number of nitrogens with one attached hydrogen (secondary N) is 1. The number of ether oxygens (including phenoxy) is 1. The summed E-state index contributed by atoms with van der Waals surface area (Å²) in [5.74, 6) is 0.781. The van der Waals surface area contributed by atoms with E-state index >= 15 is 0 Å². The summed E-state index contributed by atoms with van der Waals surface area (Å²) in [5.41, 5.74) is 2.57. The van der Waals surface area contributed by atoms with Gasteiger partial charge in [0.05, 0.1) is 25.0 Å². The molecule has 0 aromatic carbocycles. The molecule has 0 saturated carbocycles. The summed E-state index contributed by atoms with van der Waals surface area (Å²) in [7, 11) is 0. The summed E-state index contributed by atoms with van der Waals surface area (Å²) in [5, 5.41) is 12.7. The van der Waals surface area contributed by atoms with Crippen molar-refractivity contribution < 1.29 is 4.74 Å². The van der Waals surface area contributed by atoms with E-state index in [1.54, 1.807) is 10.7 Å². The van der Waals surface area contributed by atoms with Crippen LogP contribution in [0.25, 0.3) is 16.8 Å². The standard InChI is InChI=1S/C16H19ClN6O/c1-10(2)22-7-11(5-18-22)13-8-23-16(14(17)6-19-23)21-15(13)20-12-3-4-24-9-12/h5-8,10,12H,3-4,9H2,1-2H3,(H,20,21)/t12-/m0/s1. The molecule has 3 aromatic rings. The van der Waals surface area contributed by atoms with Crippen molar-refractivity contribution in [2.45, 2.75) is 32.4 Å². The second kappa shape index (κ2) is 6.07. The number of halogens is 1. The Labute approximate surface area is 144 Å². The molecule has 1 aliphatic rings. The molecule has 0 amide bonds. The van der Waals surface area contributed by atoms with Crippen LogP contribution in [0.4, 0.5) is 5.82 Å². The predicted molar refractivity (Wildman–Crippen MR) is 92.4 cm³/mol. The summed E-state index contributed by atoms with van der Waals surface area (Å²) < 4.78 is 9.08. The summed E-state index contributed by atoms with van der Waals surface area (Å²) in [6.07, 6.45) is 8.38. The van der Waals surface area contributed by atoms with Crippen LogP contribution in [0, 0.1) is 0 Å². The van der Waals surface area contributed by atoms with Crippen molar-refractivity contribution in [3.8, 4) is 11.1 Å². The molecular weight excluding hydrogens is 328 g/mol. The Morgan fingerprint density at radius 1 is 1.29 bits per heavy atom. The van der Waals surface area contributed by atoms with Gasteiger partial charge in [-0.3, -0.25) is 4.68 Å². The van der Waals surface area contributed by atoms with E-state index in [0.717, 1.165) is 30.0 Å². The average Bonchev–Trinajstić information content (AvgIpc) is 3.29. The first kappa shape index (κ1) is 15.4. The minimum atomic E-state index is 0.251. The monoisotopic (exact) mass is 346 g/mol. The molecule has 1 N–H and O–H groups in total. The molecule has 1 aliphatic heterocycles. The molecule has 1 atom stereocenters. The number of rotatable bonds is 4. The van der Waals surface area contributed by atoms with Crippen molar-refractivity contribution >= 4 is 23.1 Å². The zero-order valence-corrected chi connectivity index (χ0v) is 14.4. The quantitative estimate of drug-likeness (QED) is 0.786. The second-order valence-corrected chi connectivity index (χ2v) is 6.68. The average molecular weight is 347 g/mol. The molecule has 3 aromatic heterocycles. The Morgan fingerprint density at radius 3 is 2.88 bits per heavy atom. The second-order valence-electron chi connectivity index (χ2n) is 6.27. The van der Waals surface area contributed by atoms with E-state index in [1.807, 2.05) is 23.3 Å². The highest BCUT2D eigenvalue weighted by Crippen LogP contribution is 2.30. The molecule has 4 heterocycles. The fraction of sp³-hybridized carbons (Fsp3) is 0.438. The maximum Gasteiger partial charge on any atom is 0.175 e. The highest BCUT2D eigenvalue weighted by Gasteiger charge is 2.20. The summed E-state index contributed by atoms with van der Waals surface area (Å²) in [6, 6.07) is 0.551. The highest BCUT2D eigenvalue weighted by atomic mass is 35.5. The molecule has 126 valence electrons. The van der Waals surface area contributed by atoms with Crippen LogP contribution in [-0.2, 0) is 4.74 Å². The van der Waals surface area contributed by atoms with Gasteiger partial charge in [0.15, 0.2) is 5.65 Å². The highest BCUT2D eigenvalue weighted by molar-refractivity contribution is 6.33. The lowest BCUT2D eigenvalue weighted by Gasteiger charge is -2.15. The molecule has 0 bridgehead atoms. The maximum atomic E-state index is 6.19. The van der Waals surface area contributed by atoms with Gasteiger partial charge in [-0.05, 0) is 20.3 Å². The summed E-state index contributed by atoms with van der Waals surface area (Å²) >= 11 is 6.19. The minimum Gasteiger partial charge on any atom is -0.379 e. The van der Waals surface area contributed by atoms with Gasteiger partial charge in [0.2, 0.25) is 0 Å². The number of hydrogen-bond acceptors (Lipinski definition) is 5. The fourth-order valence-electron chi connectivity index (χ4n) is 2.81. The molecule has 7 nitrogen and oxygen atoms in total. The lowest BCUT2D eigenvalue weighted by molar-refractivity contribution is 0.195. The summed E-state index contributed by atoms with van der Waals surface area (Å²) in [6.45, 7) is 5.65. The first-order chi connectivity index (χ1) is 11.6. The molecule has 24 heavy (non-hydrogen) atoms. The van der Waals surface area contributed by atoms with Crippen LogP contribution in [0.2, 0.25) is 5.02 Å². The lowest BCUT2D eigenvalue weighted by Crippen LogP contribution is -2.20. The Balaban J connectivity index is 1.80. The van der Waals surface area contributed by atoms with Crippen molar-refractivity contribution in [2.75, 3.05) is 18.5 Å². The van der Waals surface area contributed by atoms with Crippen LogP contribution >= 0.6 is 11.6 Å².